The lowest BCUT2D eigenvalue weighted by Crippen LogP contribution is -2.42. The number of ketones is 1. The second-order valence-electron chi connectivity index (χ2n) is 2.97. The van der Waals surface area contributed by atoms with Gasteiger partial charge >= 0.3 is 0 Å². The van der Waals surface area contributed by atoms with Crippen LogP contribution in [0.4, 0.5) is 0 Å². The van der Waals surface area contributed by atoms with E-state index >= 15 is 0 Å². The normalized spacial score (nSPS) is 25.0. The standard InChI is InChI=1S/C8H13NO2/c1-2-3-6-4-7(10)5-8(11)9-6/h6H,2-5H2,1H3,(H,9,11). The van der Waals surface area contributed by atoms with Crippen molar-refractivity contribution in [2.24, 2.45) is 0 Å². The predicted octanol–water partition coefficient (Wildman–Crippen LogP) is 0.634. The molecule has 1 fully saturated rings. The van der Waals surface area contributed by atoms with E-state index < -0.39 is 0 Å². The van der Waals surface area contributed by atoms with Gasteiger partial charge in [0.1, 0.15) is 5.78 Å². The summed E-state index contributed by atoms with van der Waals surface area (Å²) in [7, 11) is 0. The van der Waals surface area contributed by atoms with Gasteiger partial charge in [0.15, 0.2) is 0 Å². The Bertz CT molecular complexity index is 161. The Kier molecular flexibility index (Phi) is 2.63. The van der Waals surface area contributed by atoms with Crippen molar-refractivity contribution in [2.45, 2.75) is 38.6 Å². The zero-order valence-corrected chi connectivity index (χ0v) is 6.72. The van der Waals surface area contributed by atoms with Gasteiger partial charge in [0, 0.05) is 12.5 Å². The molecule has 11 heavy (non-hydrogen) atoms. The molecule has 1 rings (SSSR count). The van der Waals surface area contributed by atoms with E-state index in [1.807, 2.05) is 6.92 Å². The summed E-state index contributed by atoms with van der Waals surface area (Å²) >= 11 is 0. The van der Waals surface area contributed by atoms with Crippen LogP contribution in [0.3, 0.4) is 0 Å². The quantitative estimate of drug-likeness (QED) is 0.594. The molecule has 3 heteroatoms. The molecule has 1 amide bonds. The van der Waals surface area contributed by atoms with E-state index in [9.17, 15) is 9.59 Å². The fourth-order valence-corrected chi connectivity index (χ4v) is 1.38. The SMILES string of the molecule is CCCC1CC(=O)CC(=O)N1. The number of piperidine rings is 1. The molecule has 1 saturated heterocycles. The van der Waals surface area contributed by atoms with Gasteiger partial charge in [0.05, 0.1) is 6.42 Å². The van der Waals surface area contributed by atoms with E-state index in [1.54, 1.807) is 0 Å². The number of hydrogen-bond acceptors (Lipinski definition) is 2. The third-order valence-electron chi connectivity index (χ3n) is 1.83. The molecule has 0 saturated carbocycles. The average Bonchev–Trinajstić information content (AvgIpc) is 1.85. The maximum Gasteiger partial charge on any atom is 0.227 e. The first-order valence-electron chi connectivity index (χ1n) is 4.03. The molecule has 1 atom stereocenters. The Hall–Kier alpha value is -0.860. The summed E-state index contributed by atoms with van der Waals surface area (Å²) in [6.07, 6.45) is 2.54. The number of carbonyl (C=O) groups excluding carboxylic acids is 2. The fraction of sp³-hybridized carbons (Fsp3) is 0.750. The molecular formula is C8H13NO2. The molecule has 0 spiro atoms. The highest BCUT2D eigenvalue weighted by Crippen LogP contribution is 2.09. The number of amides is 1. The second kappa shape index (κ2) is 3.51. The summed E-state index contributed by atoms with van der Waals surface area (Å²) in [5.74, 6) is -0.0353. The molecule has 0 radical (unpaired) electrons. The van der Waals surface area contributed by atoms with Gasteiger partial charge in [-0.05, 0) is 6.42 Å². The van der Waals surface area contributed by atoms with Crippen LogP contribution in [0.25, 0.3) is 0 Å². The van der Waals surface area contributed by atoms with Crippen LogP contribution in [0.5, 0.6) is 0 Å². The molecule has 1 aliphatic rings. The zero-order chi connectivity index (χ0) is 8.27. The Morgan fingerprint density at radius 3 is 2.82 bits per heavy atom. The average molecular weight is 155 g/mol. The van der Waals surface area contributed by atoms with Crippen LogP contribution >= 0.6 is 0 Å². The first kappa shape index (κ1) is 8.24. The molecule has 0 bridgehead atoms. The van der Waals surface area contributed by atoms with E-state index in [1.165, 1.54) is 0 Å². The number of carbonyl (C=O) groups is 2. The molecule has 1 unspecified atom stereocenters. The maximum atomic E-state index is 10.9. The molecule has 0 aromatic carbocycles. The van der Waals surface area contributed by atoms with Crippen LogP contribution < -0.4 is 5.32 Å². The first-order chi connectivity index (χ1) is 5.22. The number of hydrogen-bond donors (Lipinski definition) is 1. The zero-order valence-electron chi connectivity index (χ0n) is 6.72. The van der Waals surface area contributed by atoms with Crippen LogP contribution in [-0.2, 0) is 9.59 Å². The molecule has 1 aliphatic heterocycles. The Morgan fingerprint density at radius 1 is 1.55 bits per heavy atom. The van der Waals surface area contributed by atoms with Gasteiger partial charge in [0.25, 0.3) is 0 Å². The van der Waals surface area contributed by atoms with E-state index in [4.69, 9.17) is 0 Å². The third kappa shape index (κ3) is 2.33. The van der Waals surface area contributed by atoms with Gasteiger partial charge in [-0.2, -0.15) is 0 Å². The molecule has 0 aliphatic carbocycles. The van der Waals surface area contributed by atoms with Crippen LogP contribution in [0.2, 0.25) is 0 Å². The molecule has 1 N–H and O–H groups in total. The van der Waals surface area contributed by atoms with Crippen molar-refractivity contribution < 1.29 is 9.59 Å². The minimum Gasteiger partial charge on any atom is -0.353 e. The minimum absolute atomic E-state index is 0.0761. The van der Waals surface area contributed by atoms with Gasteiger partial charge in [-0.1, -0.05) is 13.3 Å². The van der Waals surface area contributed by atoms with Crippen molar-refractivity contribution >= 4 is 11.7 Å². The highest BCUT2D eigenvalue weighted by Gasteiger charge is 2.22. The first-order valence-corrected chi connectivity index (χ1v) is 4.03. The maximum absolute atomic E-state index is 10.9. The lowest BCUT2D eigenvalue weighted by molar-refractivity contribution is -0.132. The van der Waals surface area contributed by atoms with Crippen LogP contribution in [-0.4, -0.2) is 17.7 Å². The lowest BCUT2D eigenvalue weighted by Gasteiger charge is -2.21. The van der Waals surface area contributed by atoms with Crippen molar-refractivity contribution in [2.75, 3.05) is 0 Å². The Morgan fingerprint density at radius 2 is 2.27 bits per heavy atom. The monoisotopic (exact) mass is 155 g/mol. The summed E-state index contributed by atoms with van der Waals surface area (Å²) in [5.41, 5.74) is 0. The van der Waals surface area contributed by atoms with Crippen molar-refractivity contribution in [3.05, 3.63) is 0 Å². The van der Waals surface area contributed by atoms with Crippen molar-refractivity contribution in [1.29, 1.82) is 0 Å². The van der Waals surface area contributed by atoms with E-state index in [-0.39, 0.29) is 24.2 Å². The van der Waals surface area contributed by atoms with Crippen LogP contribution in [0.15, 0.2) is 0 Å². The van der Waals surface area contributed by atoms with Crippen molar-refractivity contribution in [1.82, 2.24) is 5.32 Å². The summed E-state index contributed by atoms with van der Waals surface area (Å²) in [5, 5.41) is 2.79. The van der Waals surface area contributed by atoms with E-state index in [0.717, 1.165) is 12.8 Å². The summed E-state index contributed by atoms with van der Waals surface area (Å²) in [6.45, 7) is 2.05. The van der Waals surface area contributed by atoms with Gasteiger partial charge in [-0.15, -0.1) is 0 Å². The Balaban J connectivity index is 2.43. The van der Waals surface area contributed by atoms with E-state index in [0.29, 0.717) is 6.42 Å². The van der Waals surface area contributed by atoms with Crippen LogP contribution in [0.1, 0.15) is 32.6 Å². The van der Waals surface area contributed by atoms with Crippen molar-refractivity contribution in [3.8, 4) is 0 Å². The fourth-order valence-electron chi connectivity index (χ4n) is 1.38. The number of rotatable bonds is 2. The van der Waals surface area contributed by atoms with Gasteiger partial charge in [-0.25, -0.2) is 0 Å². The van der Waals surface area contributed by atoms with Crippen LogP contribution in [0, 0.1) is 0 Å². The lowest BCUT2D eigenvalue weighted by atomic mass is 9.99. The van der Waals surface area contributed by atoms with Gasteiger partial charge < -0.3 is 5.32 Å². The highest BCUT2D eigenvalue weighted by atomic mass is 16.2. The highest BCUT2D eigenvalue weighted by molar-refractivity contribution is 6.00. The summed E-state index contributed by atoms with van der Waals surface area (Å²) in [6, 6.07) is 0.105. The molecule has 1 heterocycles. The molecule has 0 aromatic heterocycles. The molecular weight excluding hydrogens is 142 g/mol. The van der Waals surface area contributed by atoms with Gasteiger partial charge in [0.2, 0.25) is 5.91 Å². The van der Waals surface area contributed by atoms with Gasteiger partial charge in [-0.3, -0.25) is 9.59 Å². The summed E-state index contributed by atoms with van der Waals surface area (Å²) < 4.78 is 0. The van der Waals surface area contributed by atoms with Crippen molar-refractivity contribution in [3.63, 3.8) is 0 Å². The number of nitrogens with one attached hydrogen (secondary N) is 1. The smallest absolute Gasteiger partial charge is 0.227 e. The number of Topliss-reactive ketones (excluding diaryl/α,β-unsaturated/α-hetero) is 1. The third-order valence-corrected chi connectivity index (χ3v) is 1.83. The second-order valence-corrected chi connectivity index (χ2v) is 2.97. The molecule has 3 nitrogen and oxygen atoms in total. The van der Waals surface area contributed by atoms with E-state index in [2.05, 4.69) is 5.32 Å². The minimum atomic E-state index is -0.111. The molecule has 0 aromatic rings. The topological polar surface area (TPSA) is 46.2 Å². The Labute approximate surface area is 66.2 Å². The summed E-state index contributed by atoms with van der Waals surface area (Å²) in [4.78, 5) is 21.7. The largest absolute Gasteiger partial charge is 0.353 e. The predicted molar refractivity (Wildman–Crippen MR) is 41.1 cm³/mol. The molecule has 62 valence electrons.